The molecule has 0 fully saturated rings. The number of para-hydroxylation sites is 1. The molecule has 8 nitrogen and oxygen atoms in total. The van der Waals surface area contributed by atoms with Crippen molar-refractivity contribution < 1.29 is 23.8 Å². The number of benzene rings is 3. The fourth-order valence-corrected chi connectivity index (χ4v) is 3.13. The molecule has 9 heteroatoms. The highest BCUT2D eigenvalue weighted by Crippen LogP contribution is 2.28. The summed E-state index contributed by atoms with van der Waals surface area (Å²) in [5, 5.41) is 6.99. The van der Waals surface area contributed by atoms with Crippen LogP contribution in [0, 0.1) is 0 Å². The van der Waals surface area contributed by atoms with Crippen molar-refractivity contribution in [1.29, 1.82) is 0 Å². The molecule has 0 aliphatic heterocycles. The number of nitrogens with one attached hydrogen (secondary N) is 2. The molecule has 35 heavy (non-hydrogen) atoms. The van der Waals surface area contributed by atoms with E-state index in [2.05, 4.69) is 22.4 Å². The number of ether oxygens (including phenoxy) is 3. The van der Waals surface area contributed by atoms with Gasteiger partial charge in [0.05, 0.1) is 18.3 Å². The minimum Gasteiger partial charge on any atom is -0.493 e. The minimum absolute atomic E-state index is 0.195. The van der Waals surface area contributed by atoms with Crippen molar-refractivity contribution >= 4 is 35.3 Å². The van der Waals surface area contributed by atoms with Crippen LogP contribution in [0.3, 0.4) is 0 Å². The fraction of sp³-hybridized carbons (Fsp3) is 0.115. The zero-order valence-corrected chi connectivity index (χ0v) is 19.7. The average molecular weight is 494 g/mol. The van der Waals surface area contributed by atoms with Gasteiger partial charge < -0.3 is 19.5 Å². The molecule has 180 valence electrons. The van der Waals surface area contributed by atoms with E-state index in [1.54, 1.807) is 54.6 Å². The number of hydrogen-bond acceptors (Lipinski definition) is 6. The maximum absolute atomic E-state index is 12.4. The number of hydrogen-bond donors (Lipinski definition) is 2. The van der Waals surface area contributed by atoms with Gasteiger partial charge >= 0.3 is 0 Å². The standard InChI is InChI=1S/C26H24ClN3O5/c1-3-13-34-23-12-10-19(15-24(23)33-2)26(32)30-28-16-18-9-11-22(21(27)14-18)35-17-25(31)29-20-7-5-4-6-8-20/h3-12,14-16H,1,13,17H2,2H3,(H,29,31)(H,30,32)/b28-16+. The SMILES string of the molecule is C=CCOc1ccc(C(=O)N/N=C/c2ccc(OCC(=O)Nc3ccccc3)c(Cl)c2)cc1OC. The van der Waals surface area contributed by atoms with E-state index in [0.717, 1.165) is 0 Å². The van der Waals surface area contributed by atoms with E-state index in [4.69, 9.17) is 25.8 Å². The molecule has 0 saturated heterocycles. The van der Waals surface area contributed by atoms with Gasteiger partial charge in [-0.15, -0.1) is 0 Å². The fourth-order valence-electron chi connectivity index (χ4n) is 2.88. The maximum atomic E-state index is 12.4. The van der Waals surface area contributed by atoms with E-state index in [0.29, 0.717) is 45.7 Å². The van der Waals surface area contributed by atoms with Crippen LogP contribution in [-0.4, -0.2) is 38.4 Å². The molecular weight excluding hydrogens is 470 g/mol. The lowest BCUT2D eigenvalue weighted by molar-refractivity contribution is -0.118. The van der Waals surface area contributed by atoms with Crippen LogP contribution in [0.2, 0.25) is 5.02 Å². The zero-order chi connectivity index (χ0) is 25.0. The quantitative estimate of drug-likeness (QED) is 0.229. The Morgan fingerprint density at radius 1 is 1.00 bits per heavy atom. The van der Waals surface area contributed by atoms with Crippen molar-refractivity contribution in [1.82, 2.24) is 5.43 Å². The van der Waals surface area contributed by atoms with E-state index >= 15 is 0 Å². The Balaban J connectivity index is 1.54. The van der Waals surface area contributed by atoms with Gasteiger partial charge in [0.1, 0.15) is 12.4 Å². The Morgan fingerprint density at radius 2 is 1.77 bits per heavy atom. The molecule has 0 radical (unpaired) electrons. The largest absolute Gasteiger partial charge is 0.493 e. The second-order valence-electron chi connectivity index (χ2n) is 7.06. The van der Waals surface area contributed by atoms with Crippen molar-refractivity contribution in [2.24, 2.45) is 5.10 Å². The first-order valence-corrected chi connectivity index (χ1v) is 10.9. The predicted molar refractivity (Wildman–Crippen MR) is 136 cm³/mol. The molecule has 0 saturated carbocycles. The molecule has 0 aliphatic carbocycles. The van der Waals surface area contributed by atoms with E-state index in [1.807, 2.05) is 18.2 Å². The first-order chi connectivity index (χ1) is 17.0. The topological polar surface area (TPSA) is 98.3 Å². The monoisotopic (exact) mass is 493 g/mol. The van der Waals surface area contributed by atoms with E-state index in [-0.39, 0.29) is 12.5 Å². The number of carbonyl (C=O) groups excluding carboxylic acids is 2. The number of anilines is 1. The van der Waals surface area contributed by atoms with Crippen molar-refractivity contribution in [2.75, 3.05) is 25.6 Å². The maximum Gasteiger partial charge on any atom is 0.271 e. The number of rotatable bonds is 11. The van der Waals surface area contributed by atoms with Crippen LogP contribution in [0.5, 0.6) is 17.2 Å². The lowest BCUT2D eigenvalue weighted by Crippen LogP contribution is -2.20. The van der Waals surface area contributed by atoms with Crippen LogP contribution in [0.1, 0.15) is 15.9 Å². The van der Waals surface area contributed by atoms with E-state index < -0.39 is 5.91 Å². The van der Waals surface area contributed by atoms with Crippen LogP contribution >= 0.6 is 11.6 Å². The molecule has 0 bridgehead atoms. The molecular formula is C26H24ClN3O5. The van der Waals surface area contributed by atoms with Gasteiger partial charge in [-0.3, -0.25) is 9.59 Å². The normalized spacial score (nSPS) is 10.5. The molecule has 0 heterocycles. The summed E-state index contributed by atoms with van der Waals surface area (Å²) in [5.41, 5.74) is 4.10. The smallest absolute Gasteiger partial charge is 0.271 e. The first kappa shape index (κ1) is 25.3. The Labute approximate surface area is 208 Å². The molecule has 0 unspecified atom stereocenters. The third kappa shape index (κ3) is 7.62. The van der Waals surface area contributed by atoms with Crippen LogP contribution < -0.4 is 25.0 Å². The summed E-state index contributed by atoms with van der Waals surface area (Å²) in [6, 6.07) is 18.8. The number of carbonyl (C=O) groups is 2. The average Bonchev–Trinajstić information content (AvgIpc) is 2.87. The minimum atomic E-state index is -0.426. The summed E-state index contributed by atoms with van der Waals surface area (Å²) in [4.78, 5) is 24.4. The Kier molecular flexibility index (Phi) is 9.27. The molecule has 2 amide bonds. The Morgan fingerprint density at radius 3 is 2.49 bits per heavy atom. The number of amides is 2. The third-order valence-electron chi connectivity index (χ3n) is 4.53. The van der Waals surface area contributed by atoms with Crippen molar-refractivity contribution in [3.63, 3.8) is 0 Å². The molecule has 3 aromatic carbocycles. The van der Waals surface area contributed by atoms with Crippen LogP contribution in [0.25, 0.3) is 0 Å². The third-order valence-corrected chi connectivity index (χ3v) is 4.83. The molecule has 3 aromatic rings. The lowest BCUT2D eigenvalue weighted by Gasteiger charge is -2.10. The van der Waals surface area contributed by atoms with Crippen LogP contribution in [0.15, 0.2) is 84.5 Å². The summed E-state index contributed by atoms with van der Waals surface area (Å²) < 4.78 is 16.2. The van der Waals surface area contributed by atoms with Crippen LogP contribution in [-0.2, 0) is 4.79 Å². The van der Waals surface area contributed by atoms with E-state index in [1.165, 1.54) is 13.3 Å². The number of nitrogens with zero attached hydrogens (tertiary/aromatic N) is 1. The highest BCUT2D eigenvalue weighted by Gasteiger charge is 2.11. The highest BCUT2D eigenvalue weighted by molar-refractivity contribution is 6.32. The number of halogens is 1. The number of methoxy groups -OCH3 is 1. The zero-order valence-electron chi connectivity index (χ0n) is 19.0. The highest BCUT2D eigenvalue weighted by atomic mass is 35.5. The van der Waals surface area contributed by atoms with Gasteiger partial charge in [-0.1, -0.05) is 42.5 Å². The van der Waals surface area contributed by atoms with Crippen LogP contribution in [0.4, 0.5) is 5.69 Å². The van der Waals surface area contributed by atoms with E-state index in [9.17, 15) is 9.59 Å². The summed E-state index contributed by atoms with van der Waals surface area (Å²) in [6.45, 7) is 3.72. The summed E-state index contributed by atoms with van der Waals surface area (Å²) in [7, 11) is 1.49. The predicted octanol–water partition coefficient (Wildman–Crippen LogP) is 4.69. The molecule has 0 aromatic heterocycles. The van der Waals surface area contributed by atoms with Gasteiger partial charge in [0.25, 0.3) is 11.8 Å². The van der Waals surface area contributed by atoms with Gasteiger partial charge in [0.2, 0.25) is 0 Å². The Hall–Kier alpha value is -4.30. The van der Waals surface area contributed by atoms with Gasteiger partial charge in [0.15, 0.2) is 18.1 Å². The number of hydrazone groups is 1. The molecule has 0 spiro atoms. The summed E-state index contributed by atoms with van der Waals surface area (Å²) in [6.07, 6.45) is 3.05. The molecule has 0 aliphatic rings. The van der Waals surface area contributed by atoms with Crippen molar-refractivity contribution in [3.8, 4) is 17.2 Å². The molecule has 3 rings (SSSR count). The van der Waals surface area contributed by atoms with Gasteiger partial charge in [-0.05, 0) is 54.1 Å². The van der Waals surface area contributed by atoms with Gasteiger partial charge in [-0.25, -0.2) is 5.43 Å². The first-order valence-electron chi connectivity index (χ1n) is 10.5. The molecule has 2 N–H and O–H groups in total. The lowest BCUT2D eigenvalue weighted by atomic mass is 10.2. The summed E-state index contributed by atoms with van der Waals surface area (Å²) in [5.74, 6) is 0.537. The second-order valence-corrected chi connectivity index (χ2v) is 7.46. The summed E-state index contributed by atoms with van der Waals surface area (Å²) >= 11 is 6.26. The molecule has 0 atom stereocenters. The van der Waals surface area contributed by atoms with Gasteiger partial charge in [0, 0.05) is 11.3 Å². The van der Waals surface area contributed by atoms with Crippen molar-refractivity contribution in [2.45, 2.75) is 0 Å². The van der Waals surface area contributed by atoms with Gasteiger partial charge in [-0.2, -0.15) is 5.10 Å². The Bertz CT molecular complexity index is 1210. The second kappa shape index (κ2) is 12.8. The van der Waals surface area contributed by atoms with Crippen molar-refractivity contribution in [3.05, 3.63) is 95.5 Å².